The average molecular weight is 389 g/mol. The summed E-state index contributed by atoms with van der Waals surface area (Å²) in [7, 11) is 0. The Kier molecular flexibility index (Phi) is 6.23. The third-order valence-electron chi connectivity index (χ3n) is 4.79. The lowest BCUT2D eigenvalue weighted by atomic mass is 10.0. The van der Waals surface area contributed by atoms with E-state index in [-0.39, 0.29) is 0 Å². The lowest BCUT2D eigenvalue weighted by Crippen LogP contribution is -2.31. The maximum absolute atomic E-state index is 14.6. The molecule has 1 N–H and O–H groups in total. The second kappa shape index (κ2) is 8.82. The fourth-order valence-corrected chi connectivity index (χ4v) is 3.47. The molecular formula is C21H21F2NO4. The Labute approximate surface area is 161 Å². The molecule has 2 aromatic carbocycles. The van der Waals surface area contributed by atoms with Crippen molar-refractivity contribution in [3.63, 3.8) is 0 Å². The SMILES string of the molecule is CCOc1cccc(-c2cc(F)c(NC(=O)C3CCCC3OC=O)c(F)c2)c1. The van der Waals surface area contributed by atoms with Gasteiger partial charge >= 0.3 is 0 Å². The summed E-state index contributed by atoms with van der Waals surface area (Å²) >= 11 is 0. The van der Waals surface area contributed by atoms with Crippen LogP contribution in [-0.4, -0.2) is 25.1 Å². The first-order chi connectivity index (χ1) is 13.5. The molecule has 1 fully saturated rings. The molecule has 28 heavy (non-hydrogen) atoms. The summed E-state index contributed by atoms with van der Waals surface area (Å²) in [5, 5.41) is 2.31. The molecule has 0 spiro atoms. The summed E-state index contributed by atoms with van der Waals surface area (Å²) in [4.78, 5) is 23.0. The molecule has 1 saturated carbocycles. The largest absolute Gasteiger partial charge is 0.494 e. The van der Waals surface area contributed by atoms with E-state index < -0.39 is 35.3 Å². The third-order valence-corrected chi connectivity index (χ3v) is 4.79. The Morgan fingerprint density at radius 1 is 1.18 bits per heavy atom. The van der Waals surface area contributed by atoms with Crippen molar-refractivity contribution >= 4 is 18.1 Å². The van der Waals surface area contributed by atoms with Gasteiger partial charge in [0.25, 0.3) is 6.47 Å². The van der Waals surface area contributed by atoms with E-state index in [1.807, 2.05) is 6.92 Å². The number of anilines is 1. The topological polar surface area (TPSA) is 64.6 Å². The molecule has 0 radical (unpaired) electrons. The lowest BCUT2D eigenvalue weighted by molar-refractivity contribution is -0.137. The molecule has 148 valence electrons. The van der Waals surface area contributed by atoms with Crippen LogP contribution >= 0.6 is 0 Å². The van der Waals surface area contributed by atoms with E-state index in [2.05, 4.69) is 5.32 Å². The van der Waals surface area contributed by atoms with Crippen molar-refractivity contribution in [2.24, 2.45) is 5.92 Å². The quantitative estimate of drug-likeness (QED) is 0.717. The highest BCUT2D eigenvalue weighted by atomic mass is 19.1. The Balaban J connectivity index is 1.81. The van der Waals surface area contributed by atoms with Gasteiger partial charge in [-0.25, -0.2) is 8.78 Å². The number of hydrogen-bond acceptors (Lipinski definition) is 4. The van der Waals surface area contributed by atoms with E-state index in [0.29, 0.717) is 49.2 Å². The molecule has 0 aromatic heterocycles. The van der Waals surface area contributed by atoms with Gasteiger partial charge in [-0.2, -0.15) is 0 Å². The molecule has 5 nitrogen and oxygen atoms in total. The Morgan fingerprint density at radius 3 is 2.61 bits per heavy atom. The maximum atomic E-state index is 14.6. The highest BCUT2D eigenvalue weighted by molar-refractivity contribution is 5.93. The average Bonchev–Trinajstić information content (AvgIpc) is 3.14. The molecule has 1 aliphatic rings. The monoisotopic (exact) mass is 389 g/mol. The first kappa shape index (κ1) is 19.8. The van der Waals surface area contributed by atoms with Crippen LogP contribution < -0.4 is 10.1 Å². The molecule has 7 heteroatoms. The van der Waals surface area contributed by atoms with Crippen LogP contribution in [0.15, 0.2) is 36.4 Å². The molecule has 0 saturated heterocycles. The molecular weight excluding hydrogens is 368 g/mol. The smallest absolute Gasteiger partial charge is 0.293 e. The molecule has 1 aliphatic carbocycles. The molecule has 2 unspecified atom stereocenters. The summed E-state index contributed by atoms with van der Waals surface area (Å²) in [5.41, 5.74) is 0.418. The number of benzene rings is 2. The predicted molar refractivity (Wildman–Crippen MR) is 99.9 cm³/mol. The van der Waals surface area contributed by atoms with Gasteiger partial charge in [0.15, 0.2) is 0 Å². The van der Waals surface area contributed by atoms with Crippen LogP contribution in [0.1, 0.15) is 26.2 Å². The summed E-state index contributed by atoms with van der Waals surface area (Å²) < 4.78 is 39.4. The maximum Gasteiger partial charge on any atom is 0.293 e. The van der Waals surface area contributed by atoms with Crippen molar-refractivity contribution in [3.8, 4) is 16.9 Å². The Hall–Kier alpha value is -2.96. The molecule has 0 aliphatic heterocycles. The molecule has 1 amide bonds. The zero-order valence-electron chi connectivity index (χ0n) is 15.4. The van der Waals surface area contributed by atoms with E-state index in [4.69, 9.17) is 9.47 Å². The van der Waals surface area contributed by atoms with Gasteiger partial charge in [0.2, 0.25) is 5.91 Å². The number of carbonyl (C=O) groups excluding carboxylic acids is 2. The Bertz CT molecular complexity index is 848. The number of ether oxygens (including phenoxy) is 2. The number of nitrogens with one attached hydrogen (secondary N) is 1. The summed E-state index contributed by atoms with van der Waals surface area (Å²) in [6.45, 7) is 2.62. The lowest BCUT2D eigenvalue weighted by Gasteiger charge is -2.18. The van der Waals surface area contributed by atoms with Gasteiger partial charge in [0, 0.05) is 0 Å². The zero-order chi connectivity index (χ0) is 20.1. The minimum absolute atomic E-state index is 0.294. The molecule has 3 rings (SSSR count). The molecule has 2 aromatic rings. The van der Waals surface area contributed by atoms with Gasteiger partial charge in [-0.1, -0.05) is 12.1 Å². The van der Waals surface area contributed by atoms with Crippen LogP contribution in [0.2, 0.25) is 0 Å². The standard InChI is InChI=1S/C21H21F2NO4/c1-2-27-15-6-3-5-13(9-15)14-10-17(22)20(18(23)11-14)24-21(26)16-7-4-8-19(16)28-12-25/h3,5-6,9-12,16,19H,2,4,7-8H2,1H3,(H,24,26). The highest BCUT2D eigenvalue weighted by Gasteiger charge is 2.35. The summed E-state index contributed by atoms with van der Waals surface area (Å²) in [6, 6.07) is 9.23. The van der Waals surface area contributed by atoms with Crippen molar-refractivity contribution in [2.75, 3.05) is 11.9 Å². The van der Waals surface area contributed by atoms with E-state index in [1.54, 1.807) is 24.3 Å². The minimum Gasteiger partial charge on any atom is -0.494 e. The first-order valence-electron chi connectivity index (χ1n) is 9.15. The van der Waals surface area contributed by atoms with Crippen molar-refractivity contribution in [1.29, 1.82) is 0 Å². The van der Waals surface area contributed by atoms with E-state index in [9.17, 15) is 18.4 Å². The van der Waals surface area contributed by atoms with E-state index in [0.717, 1.165) is 12.1 Å². The van der Waals surface area contributed by atoms with E-state index in [1.165, 1.54) is 0 Å². The van der Waals surface area contributed by atoms with Crippen LogP contribution in [0.5, 0.6) is 5.75 Å². The zero-order valence-corrected chi connectivity index (χ0v) is 15.4. The number of halogens is 2. The summed E-state index contributed by atoms with van der Waals surface area (Å²) in [6.07, 6.45) is 1.19. The number of carbonyl (C=O) groups is 2. The highest BCUT2D eigenvalue weighted by Crippen LogP contribution is 2.32. The fourth-order valence-electron chi connectivity index (χ4n) is 3.47. The number of hydrogen-bond donors (Lipinski definition) is 1. The minimum atomic E-state index is -0.879. The van der Waals surface area contributed by atoms with Gasteiger partial charge in [0.1, 0.15) is 29.2 Å². The first-order valence-corrected chi connectivity index (χ1v) is 9.15. The van der Waals surface area contributed by atoms with Crippen LogP contribution in [0.4, 0.5) is 14.5 Å². The van der Waals surface area contributed by atoms with Crippen molar-refractivity contribution in [1.82, 2.24) is 0 Å². The van der Waals surface area contributed by atoms with Crippen LogP contribution in [-0.2, 0) is 14.3 Å². The van der Waals surface area contributed by atoms with Crippen molar-refractivity contribution in [3.05, 3.63) is 48.0 Å². The summed E-state index contributed by atoms with van der Waals surface area (Å²) in [5.74, 6) is -2.34. The van der Waals surface area contributed by atoms with Crippen LogP contribution in [0, 0.1) is 17.6 Å². The number of rotatable bonds is 7. The van der Waals surface area contributed by atoms with E-state index >= 15 is 0 Å². The van der Waals surface area contributed by atoms with Crippen LogP contribution in [0.25, 0.3) is 11.1 Å². The van der Waals surface area contributed by atoms with Gasteiger partial charge in [-0.3, -0.25) is 9.59 Å². The predicted octanol–water partition coefficient (Wildman–Crippen LogP) is 4.31. The van der Waals surface area contributed by atoms with Crippen molar-refractivity contribution in [2.45, 2.75) is 32.3 Å². The molecule has 0 heterocycles. The van der Waals surface area contributed by atoms with Gasteiger partial charge in [0.05, 0.1) is 12.5 Å². The normalized spacial score (nSPS) is 18.5. The van der Waals surface area contributed by atoms with Gasteiger partial charge in [-0.15, -0.1) is 0 Å². The second-order valence-corrected chi connectivity index (χ2v) is 6.57. The van der Waals surface area contributed by atoms with Gasteiger partial charge < -0.3 is 14.8 Å². The second-order valence-electron chi connectivity index (χ2n) is 6.57. The molecule has 2 atom stereocenters. The van der Waals surface area contributed by atoms with Gasteiger partial charge in [-0.05, 0) is 61.6 Å². The van der Waals surface area contributed by atoms with Crippen LogP contribution in [0.3, 0.4) is 0 Å². The fraction of sp³-hybridized carbons (Fsp3) is 0.333. The van der Waals surface area contributed by atoms with Crippen molar-refractivity contribution < 1.29 is 27.8 Å². The Morgan fingerprint density at radius 2 is 1.93 bits per heavy atom. The third kappa shape index (κ3) is 4.30. The molecule has 0 bridgehead atoms. The number of amides is 1.